The number of ketones is 1. The largest absolute Gasteiger partial charge is 0.465 e. The van der Waals surface area contributed by atoms with Crippen LogP contribution < -0.4 is 4.90 Å². The summed E-state index contributed by atoms with van der Waals surface area (Å²) < 4.78 is 4.89. The van der Waals surface area contributed by atoms with Crippen molar-refractivity contribution in [2.75, 3.05) is 18.6 Å². The van der Waals surface area contributed by atoms with Gasteiger partial charge in [0, 0.05) is 23.9 Å². The van der Waals surface area contributed by atoms with E-state index in [1.54, 1.807) is 32.2 Å². The Morgan fingerprint density at radius 2 is 1.64 bits per heavy atom. The Morgan fingerprint density at radius 3 is 2.28 bits per heavy atom. The molecule has 0 saturated carbocycles. The second-order valence-electron chi connectivity index (χ2n) is 5.62. The summed E-state index contributed by atoms with van der Waals surface area (Å²) in [7, 11) is 1.67. The molecule has 0 aromatic heterocycles. The first-order valence-electron chi connectivity index (χ1n) is 8.09. The first-order chi connectivity index (χ1) is 12.0. The maximum Gasteiger partial charge on any atom is 0.316 e. The van der Waals surface area contributed by atoms with Crippen molar-refractivity contribution in [2.45, 2.75) is 13.8 Å². The third kappa shape index (κ3) is 4.32. The highest BCUT2D eigenvalue weighted by Gasteiger charge is 2.25. The number of carbonyl (C=O) groups is 3. The number of hydrogen-bond acceptors (Lipinski definition) is 4. The van der Waals surface area contributed by atoms with Crippen molar-refractivity contribution >= 4 is 23.3 Å². The van der Waals surface area contributed by atoms with Crippen molar-refractivity contribution in [1.29, 1.82) is 0 Å². The van der Waals surface area contributed by atoms with E-state index in [0.29, 0.717) is 11.1 Å². The Labute approximate surface area is 147 Å². The minimum Gasteiger partial charge on any atom is -0.465 e. The number of nitrogens with zero attached hydrogens (tertiary/aromatic N) is 1. The van der Waals surface area contributed by atoms with Gasteiger partial charge in [-0.25, -0.2) is 0 Å². The van der Waals surface area contributed by atoms with Gasteiger partial charge in [-0.05, 0) is 38.1 Å². The highest BCUT2D eigenvalue weighted by Crippen LogP contribution is 2.17. The van der Waals surface area contributed by atoms with Crippen LogP contribution in [0.15, 0.2) is 54.6 Å². The Balaban J connectivity index is 2.22. The Bertz CT molecular complexity index is 770. The molecular formula is C20H21NO4. The SMILES string of the molecule is CCOC(=O)C(C)C(=O)c1cccc(C(=O)N(C)c2ccccc2)c1. The normalized spacial score (nSPS) is 11.5. The fraction of sp³-hybridized carbons (Fsp3) is 0.250. The van der Waals surface area contributed by atoms with Crippen LogP contribution in [0.1, 0.15) is 34.6 Å². The molecule has 5 nitrogen and oxygen atoms in total. The molecule has 0 spiro atoms. The minimum absolute atomic E-state index is 0.219. The average Bonchev–Trinajstić information content (AvgIpc) is 2.66. The van der Waals surface area contributed by atoms with Gasteiger partial charge in [-0.2, -0.15) is 0 Å². The van der Waals surface area contributed by atoms with Gasteiger partial charge in [0.05, 0.1) is 6.61 Å². The monoisotopic (exact) mass is 339 g/mol. The lowest BCUT2D eigenvalue weighted by Crippen LogP contribution is -2.27. The molecule has 2 aromatic rings. The number of benzene rings is 2. The van der Waals surface area contributed by atoms with E-state index in [9.17, 15) is 14.4 Å². The Kier molecular flexibility index (Phi) is 6.06. The van der Waals surface area contributed by atoms with Crippen LogP contribution in [0.4, 0.5) is 5.69 Å². The maximum absolute atomic E-state index is 12.6. The molecular weight excluding hydrogens is 318 g/mol. The second-order valence-corrected chi connectivity index (χ2v) is 5.62. The zero-order valence-corrected chi connectivity index (χ0v) is 14.6. The van der Waals surface area contributed by atoms with E-state index in [2.05, 4.69) is 0 Å². The van der Waals surface area contributed by atoms with E-state index in [-0.39, 0.29) is 18.3 Å². The van der Waals surface area contributed by atoms with E-state index in [1.807, 2.05) is 30.3 Å². The van der Waals surface area contributed by atoms with Crippen molar-refractivity contribution in [2.24, 2.45) is 5.92 Å². The summed E-state index contributed by atoms with van der Waals surface area (Å²) in [6.07, 6.45) is 0. The molecule has 0 aliphatic rings. The maximum atomic E-state index is 12.6. The number of anilines is 1. The molecule has 0 aliphatic heterocycles. The molecule has 1 atom stereocenters. The van der Waals surface area contributed by atoms with Crippen molar-refractivity contribution in [3.63, 3.8) is 0 Å². The summed E-state index contributed by atoms with van der Waals surface area (Å²) in [5.74, 6) is -2.07. The van der Waals surface area contributed by atoms with Gasteiger partial charge in [-0.1, -0.05) is 30.3 Å². The standard InChI is InChI=1S/C20H21NO4/c1-4-25-20(24)14(2)18(22)15-9-8-10-16(13-15)19(23)21(3)17-11-6-5-7-12-17/h5-14H,4H2,1-3H3. The van der Waals surface area contributed by atoms with Crippen molar-refractivity contribution in [1.82, 2.24) is 0 Å². The molecule has 0 heterocycles. The number of rotatable bonds is 6. The van der Waals surface area contributed by atoms with Crippen LogP contribution in [0.2, 0.25) is 0 Å². The van der Waals surface area contributed by atoms with E-state index in [0.717, 1.165) is 5.69 Å². The van der Waals surface area contributed by atoms with Crippen molar-refractivity contribution < 1.29 is 19.1 Å². The summed E-state index contributed by atoms with van der Waals surface area (Å²) in [4.78, 5) is 38.4. The van der Waals surface area contributed by atoms with Crippen LogP contribution in [-0.4, -0.2) is 31.3 Å². The van der Waals surface area contributed by atoms with Gasteiger partial charge < -0.3 is 9.64 Å². The molecule has 0 bridgehead atoms. The summed E-state index contributed by atoms with van der Waals surface area (Å²) >= 11 is 0. The lowest BCUT2D eigenvalue weighted by Gasteiger charge is -2.18. The topological polar surface area (TPSA) is 63.7 Å². The van der Waals surface area contributed by atoms with Crippen molar-refractivity contribution in [3.05, 3.63) is 65.7 Å². The Hall–Kier alpha value is -2.95. The predicted molar refractivity (Wildman–Crippen MR) is 95.7 cm³/mol. The van der Waals surface area contributed by atoms with Crippen LogP contribution in [0, 0.1) is 5.92 Å². The smallest absolute Gasteiger partial charge is 0.316 e. The number of Topliss-reactive ketones (excluding diaryl/α,β-unsaturated/α-hetero) is 1. The number of ether oxygens (including phenoxy) is 1. The van der Waals surface area contributed by atoms with Gasteiger partial charge >= 0.3 is 5.97 Å². The number of hydrogen-bond donors (Lipinski definition) is 0. The molecule has 0 N–H and O–H groups in total. The van der Waals surface area contributed by atoms with Crippen LogP contribution in [0.5, 0.6) is 0 Å². The highest BCUT2D eigenvalue weighted by atomic mass is 16.5. The molecule has 0 aliphatic carbocycles. The van der Waals surface area contributed by atoms with E-state index in [1.165, 1.54) is 17.9 Å². The Morgan fingerprint density at radius 1 is 1.00 bits per heavy atom. The summed E-state index contributed by atoms with van der Waals surface area (Å²) in [5.41, 5.74) is 1.45. The van der Waals surface area contributed by atoms with E-state index >= 15 is 0 Å². The molecule has 2 aromatic carbocycles. The van der Waals surface area contributed by atoms with Gasteiger partial charge in [-0.3, -0.25) is 14.4 Å². The molecule has 130 valence electrons. The average molecular weight is 339 g/mol. The van der Waals surface area contributed by atoms with Gasteiger partial charge in [0.25, 0.3) is 5.91 Å². The van der Waals surface area contributed by atoms with Gasteiger partial charge in [0.2, 0.25) is 0 Å². The molecule has 25 heavy (non-hydrogen) atoms. The summed E-state index contributed by atoms with van der Waals surface area (Å²) in [5, 5.41) is 0. The second kappa shape index (κ2) is 8.24. The van der Waals surface area contributed by atoms with Crippen molar-refractivity contribution in [3.8, 4) is 0 Å². The van der Waals surface area contributed by atoms with Gasteiger partial charge in [0.15, 0.2) is 5.78 Å². The van der Waals surface area contributed by atoms with Crippen LogP contribution >= 0.6 is 0 Å². The third-order valence-electron chi connectivity index (χ3n) is 3.88. The van der Waals surface area contributed by atoms with Crippen LogP contribution in [-0.2, 0) is 9.53 Å². The fourth-order valence-corrected chi connectivity index (χ4v) is 2.39. The van der Waals surface area contributed by atoms with E-state index < -0.39 is 11.9 Å². The number of esters is 1. The molecule has 0 saturated heterocycles. The molecule has 0 fully saturated rings. The zero-order chi connectivity index (χ0) is 18.4. The predicted octanol–water partition coefficient (Wildman–Crippen LogP) is 3.35. The lowest BCUT2D eigenvalue weighted by atomic mass is 9.97. The van der Waals surface area contributed by atoms with Gasteiger partial charge in [-0.15, -0.1) is 0 Å². The first kappa shape index (κ1) is 18.4. The molecule has 0 radical (unpaired) electrons. The zero-order valence-electron chi connectivity index (χ0n) is 14.6. The van der Waals surface area contributed by atoms with Gasteiger partial charge in [0.1, 0.15) is 5.92 Å². The number of para-hydroxylation sites is 1. The van der Waals surface area contributed by atoms with Crippen LogP contribution in [0.3, 0.4) is 0 Å². The van der Waals surface area contributed by atoms with E-state index in [4.69, 9.17) is 4.74 Å². The molecule has 2 rings (SSSR count). The highest BCUT2D eigenvalue weighted by molar-refractivity contribution is 6.11. The lowest BCUT2D eigenvalue weighted by molar-refractivity contribution is -0.145. The quantitative estimate of drug-likeness (QED) is 0.460. The minimum atomic E-state index is -0.905. The number of amides is 1. The summed E-state index contributed by atoms with van der Waals surface area (Å²) in [6.45, 7) is 3.41. The fourth-order valence-electron chi connectivity index (χ4n) is 2.39. The summed E-state index contributed by atoms with van der Waals surface area (Å²) in [6, 6.07) is 15.6. The molecule has 1 amide bonds. The van der Waals surface area contributed by atoms with Crippen LogP contribution in [0.25, 0.3) is 0 Å². The first-order valence-corrected chi connectivity index (χ1v) is 8.09. The molecule has 5 heteroatoms. The molecule has 1 unspecified atom stereocenters. The third-order valence-corrected chi connectivity index (χ3v) is 3.88. The number of carbonyl (C=O) groups excluding carboxylic acids is 3.